The molecule has 21 heteroatoms. The minimum atomic E-state index is -4.40. The van der Waals surface area contributed by atoms with E-state index in [0.717, 1.165) is 63.6 Å². The first kappa shape index (κ1) is 45.6. The van der Waals surface area contributed by atoms with E-state index in [-0.39, 0.29) is 27.3 Å². The molecule has 0 unspecified atom stereocenters. The van der Waals surface area contributed by atoms with Gasteiger partial charge in [0.1, 0.15) is 19.4 Å². The summed E-state index contributed by atoms with van der Waals surface area (Å²) in [6.45, 7) is 0.513. The molecular formula is C41H34F6N6O5S4. The molecule has 6 aromatic rings. The normalized spacial score (nSPS) is 14.0. The molecule has 0 atom stereocenters. The van der Waals surface area contributed by atoms with E-state index in [4.69, 9.17) is 16.2 Å². The minimum absolute atomic E-state index is 0.0637. The summed E-state index contributed by atoms with van der Waals surface area (Å²) in [5.74, 6) is -0.172. The molecular weight excluding hydrogens is 899 g/mol. The van der Waals surface area contributed by atoms with Gasteiger partial charge >= 0.3 is 12.4 Å². The van der Waals surface area contributed by atoms with Crippen LogP contribution < -0.4 is 20.1 Å². The number of halogens is 6. The van der Waals surface area contributed by atoms with Crippen molar-refractivity contribution >= 4 is 59.9 Å². The molecule has 0 amide bonds. The highest BCUT2D eigenvalue weighted by molar-refractivity contribution is 7.95. The Morgan fingerprint density at radius 2 is 1.05 bits per heavy atom. The molecule has 5 N–H and O–H groups in total. The number of nitrogens with zero attached hydrogens (tertiary/aromatic N) is 4. The molecule has 4 aromatic carbocycles. The minimum Gasteiger partial charge on any atom is -0.409 e. The van der Waals surface area contributed by atoms with Crippen LogP contribution in [0.1, 0.15) is 32.0 Å². The van der Waals surface area contributed by atoms with E-state index in [1.54, 1.807) is 30.3 Å². The fourth-order valence-corrected chi connectivity index (χ4v) is 12.2. The predicted molar refractivity (Wildman–Crippen MR) is 226 cm³/mol. The molecule has 2 aromatic heterocycles. The Hall–Kier alpha value is -5.92. The van der Waals surface area contributed by atoms with Crippen LogP contribution in [0.3, 0.4) is 0 Å². The highest BCUT2D eigenvalue weighted by Crippen LogP contribution is 2.40. The van der Waals surface area contributed by atoms with E-state index < -0.39 is 43.5 Å². The number of anilines is 2. The largest absolute Gasteiger partial charge is 0.416 e. The lowest BCUT2D eigenvalue weighted by Gasteiger charge is -2.18. The third kappa shape index (κ3) is 9.29. The number of hydrogen-bond acceptors (Lipinski definition) is 10. The number of alkyl halides is 6. The van der Waals surface area contributed by atoms with Crippen LogP contribution in [0.2, 0.25) is 0 Å². The number of sulfonamides is 2. The van der Waals surface area contributed by atoms with E-state index in [1.807, 2.05) is 12.1 Å². The average molecular weight is 933 g/mol. The third-order valence-corrected chi connectivity index (χ3v) is 16.3. The molecule has 0 fully saturated rings. The average Bonchev–Trinajstić information content (AvgIpc) is 4.10. The molecule has 62 heavy (non-hydrogen) atoms. The number of fused-ring (bicyclic) bond motifs is 2. The topological polar surface area (TPSA) is 183 Å². The zero-order chi connectivity index (χ0) is 45.2. The van der Waals surface area contributed by atoms with Gasteiger partial charge < -0.3 is 16.7 Å². The molecule has 0 bridgehead atoms. The summed E-state index contributed by atoms with van der Waals surface area (Å²) in [4.78, 5) is 0.652. The molecule has 0 spiro atoms. The molecule has 324 valence electrons. The van der Waals surface area contributed by atoms with Gasteiger partial charge in [-0.25, -0.2) is 16.8 Å². The van der Waals surface area contributed by atoms with Crippen LogP contribution in [-0.4, -0.2) is 48.0 Å². The number of oxime groups is 1. The van der Waals surface area contributed by atoms with Crippen molar-refractivity contribution < 1.29 is 48.4 Å². The standard InChI is InChI=1S/C20H16F3N3O3S2.C20H13F3N2O2S2.CH5N/c21-20(22,23)15-4-1-12(2-5-15)13-3-6-16-14(11-13)9-10-26(16)31(28,29)18-8-7-17(30-18)19(24)25-27;21-20(22,23)16-4-1-13(2-5-16)14-3-7-18-15(11-14)9-10-25(18)29(26,27)19-8-6-17(12-24)28-19;1-2/h1-8,11,27H,9-10H2,(H2,24,25);1-8,11H,9-10H2;2H2,1H3. The highest BCUT2D eigenvalue weighted by atomic mass is 32.3. The number of benzene rings is 4. The van der Waals surface area contributed by atoms with Gasteiger partial charge in [-0.1, -0.05) is 41.6 Å². The van der Waals surface area contributed by atoms with Crippen molar-refractivity contribution in [2.45, 2.75) is 33.6 Å². The molecule has 8 rings (SSSR count). The number of nitrogens with two attached hydrogens (primary N) is 2. The molecule has 2 aliphatic heterocycles. The van der Waals surface area contributed by atoms with E-state index in [9.17, 15) is 43.2 Å². The van der Waals surface area contributed by atoms with E-state index >= 15 is 0 Å². The third-order valence-electron chi connectivity index (χ3n) is 9.68. The second kappa shape index (κ2) is 17.8. The van der Waals surface area contributed by atoms with Crippen LogP contribution >= 0.6 is 22.7 Å². The SMILES string of the molecule is CN.N#Cc1ccc(S(=O)(=O)N2CCc3cc(-c4ccc(C(F)(F)F)cc4)ccc32)s1.NC(=NO)c1ccc(S(=O)(=O)N2CCc3cc(-c4ccc(C(F)(F)F)cc4)ccc32)s1. The number of nitriles is 1. The second-order valence-electron chi connectivity index (χ2n) is 13.3. The lowest BCUT2D eigenvalue weighted by Crippen LogP contribution is -2.28. The van der Waals surface area contributed by atoms with Gasteiger partial charge in [-0.2, -0.15) is 31.6 Å². The number of thiophene rings is 2. The van der Waals surface area contributed by atoms with Crippen LogP contribution in [0, 0.1) is 11.3 Å². The molecule has 11 nitrogen and oxygen atoms in total. The zero-order valence-electron chi connectivity index (χ0n) is 32.1. The first-order valence-corrected chi connectivity index (χ1v) is 22.6. The van der Waals surface area contributed by atoms with Crippen molar-refractivity contribution in [3.05, 3.63) is 141 Å². The van der Waals surface area contributed by atoms with E-state index in [1.165, 1.54) is 64.2 Å². The van der Waals surface area contributed by atoms with E-state index in [0.29, 0.717) is 50.7 Å². The fraction of sp³-hybridized carbons (Fsp3) is 0.171. The van der Waals surface area contributed by atoms with Gasteiger partial charge in [0.25, 0.3) is 20.0 Å². The quantitative estimate of drug-likeness (QED) is 0.0466. The van der Waals surface area contributed by atoms with Gasteiger partial charge in [-0.15, -0.1) is 22.7 Å². The molecule has 0 saturated heterocycles. The Labute approximate surface area is 360 Å². The summed E-state index contributed by atoms with van der Waals surface area (Å²) in [6.07, 6.45) is -7.82. The van der Waals surface area contributed by atoms with Crippen LogP contribution in [0.25, 0.3) is 22.3 Å². The van der Waals surface area contributed by atoms with Gasteiger partial charge in [-0.05, 0) is 126 Å². The monoisotopic (exact) mass is 932 g/mol. The molecule has 4 heterocycles. The van der Waals surface area contributed by atoms with Crippen molar-refractivity contribution in [2.75, 3.05) is 28.7 Å². The maximum absolute atomic E-state index is 13.1. The first-order chi connectivity index (χ1) is 29.3. The summed E-state index contributed by atoms with van der Waals surface area (Å²) in [6, 6.07) is 27.7. The number of hydrogen-bond donors (Lipinski definition) is 3. The summed E-state index contributed by atoms with van der Waals surface area (Å²) in [7, 11) is -6.10. The van der Waals surface area contributed by atoms with Gasteiger partial charge in [0.05, 0.1) is 27.4 Å². The van der Waals surface area contributed by atoms with Gasteiger partial charge in [0, 0.05) is 13.1 Å². The Morgan fingerprint density at radius 3 is 1.44 bits per heavy atom. The molecule has 0 aliphatic carbocycles. The van der Waals surface area contributed by atoms with Gasteiger partial charge in [0.15, 0.2) is 5.84 Å². The lowest BCUT2D eigenvalue weighted by molar-refractivity contribution is -0.138. The first-order valence-electron chi connectivity index (χ1n) is 18.1. The van der Waals surface area contributed by atoms with Crippen molar-refractivity contribution in [2.24, 2.45) is 16.6 Å². The molecule has 2 aliphatic rings. The summed E-state index contributed by atoms with van der Waals surface area (Å²) < 4.78 is 131. The summed E-state index contributed by atoms with van der Waals surface area (Å²) in [5, 5.41) is 20.6. The molecule has 0 saturated carbocycles. The zero-order valence-corrected chi connectivity index (χ0v) is 35.4. The van der Waals surface area contributed by atoms with Gasteiger partial charge in [-0.3, -0.25) is 8.61 Å². The second-order valence-corrected chi connectivity index (χ2v) is 19.7. The highest BCUT2D eigenvalue weighted by Gasteiger charge is 2.35. The van der Waals surface area contributed by atoms with Crippen molar-refractivity contribution in [1.82, 2.24) is 0 Å². The number of amidine groups is 1. The maximum Gasteiger partial charge on any atom is 0.416 e. The smallest absolute Gasteiger partial charge is 0.409 e. The molecule has 0 radical (unpaired) electrons. The van der Waals surface area contributed by atoms with Gasteiger partial charge in [0.2, 0.25) is 0 Å². The Kier molecular flexibility index (Phi) is 13.1. The Balaban J connectivity index is 0.000000199. The summed E-state index contributed by atoms with van der Waals surface area (Å²) in [5.41, 5.74) is 13.9. The predicted octanol–water partition coefficient (Wildman–Crippen LogP) is 8.91. The maximum atomic E-state index is 13.1. The van der Waals surface area contributed by atoms with Crippen LogP contribution in [0.15, 0.2) is 123 Å². The van der Waals surface area contributed by atoms with Crippen molar-refractivity contribution in [3.8, 4) is 28.3 Å². The Morgan fingerprint density at radius 1 is 0.645 bits per heavy atom. The van der Waals surface area contributed by atoms with E-state index in [2.05, 4.69) is 10.9 Å². The fourth-order valence-electron chi connectivity index (χ4n) is 6.69. The lowest BCUT2D eigenvalue weighted by atomic mass is 10.0. The van der Waals surface area contributed by atoms with Crippen LogP contribution in [0.4, 0.5) is 37.7 Å². The van der Waals surface area contributed by atoms with Crippen LogP contribution in [0.5, 0.6) is 0 Å². The van der Waals surface area contributed by atoms with Crippen LogP contribution in [-0.2, 0) is 45.2 Å². The number of rotatable bonds is 7. The summed E-state index contributed by atoms with van der Waals surface area (Å²) >= 11 is 1.82. The van der Waals surface area contributed by atoms with Crippen molar-refractivity contribution in [3.63, 3.8) is 0 Å². The Bertz CT molecular complexity index is 2890. The van der Waals surface area contributed by atoms with Crippen molar-refractivity contribution in [1.29, 1.82) is 5.26 Å².